The number of hydrogen-bond donors (Lipinski definition) is 0. The molecule has 0 spiro atoms. The van der Waals surface area contributed by atoms with Crippen molar-refractivity contribution in [1.29, 1.82) is 0 Å². The smallest absolute Gasteiger partial charge is 0.871 e. The van der Waals surface area contributed by atoms with E-state index < -0.39 is 35.9 Å². The van der Waals surface area contributed by atoms with Gasteiger partial charge < -0.3 is 5.11 Å². The third-order valence-corrected chi connectivity index (χ3v) is 1.21. The van der Waals surface area contributed by atoms with E-state index in [4.69, 9.17) is 0 Å². The molecule has 0 aliphatic carbocycles. The van der Waals surface area contributed by atoms with Crippen LogP contribution in [0.4, 0.5) is 35.1 Å². The first kappa shape index (κ1) is 19.0. The molecular weight excluding hydrogens is 279 g/mol. The number of allylic oxidation sites excluding steroid dienone is 2. The Morgan fingerprint density at radius 1 is 0.941 bits per heavy atom. The zero-order valence-corrected chi connectivity index (χ0v) is 9.92. The minimum absolute atomic E-state index is 0. The molecule has 0 heterocycles. The number of halogens is 8. The van der Waals surface area contributed by atoms with E-state index in [1.807, 2.05) is 0 Å². The summed E-state index contributed by atoms with van der Waals surface area (Å²) in [6, 6.07) is 0. The van der Waals surface area contributed by atoms with Crippen LogP contribution in [0.1, 0.15) is 0 Å². The molecule has 0 saturated heterocycles. The summed E-state index contributed by atoms with van der Waals surface area (Å²) in [6.07, 6.45) is -13.4. The summed E-state index contributed by atoms with van der Waals surface area (Å²) in [5, 5.41) is 10.1. The zero-order chi connectivity index (χ0) is 13.4. The monoisotopic (exact) mass is 280 g/mol. The van der Waals surface area contributed by atoms with E-state index >= 15 is 0 Å². The van der Waals surface area contributed by atoms with Gasteiger partial charge in [-0.1, -0.05) is 0 Å². The van der Waals surface area contributed by atoms with Crippen LogP contribution in [0, 0.1) is 0 Å². The first-order valence-electron chi connectivity index (χ1n) is 3.25. The minimum Gasteiger partial charge on any atom is -0.871 e. The van der Waals surface area contributed by atoms with Crippen LogP contribution in [0.3, 0.4) is 0 Å². The van der Waals surface area contributed by atoms with E-state index in [1.165, 1.54) is 0 Å². The Labute approximate surface area is 111 Å². The van der Waals surface area contributed by atoms with Gasteiger partial charge in [-0.15, -0.1) is 0 Å². The quantitative estimate of drug-likeness (QED) is 0.269. The molecule has 0 radical (unpaired) electrons. The van der Waals surface area contributed by atoms with Crippen molar-refractivity contribution in [2.45, 2.75) is 18.3 Å². The molecule has 0 unspecified atom stereocenters. The van der Waals surface area contributed by atoms with Crippen molar-refractivity contribution in [2.75, 3.05) is 0 Å². The Bertz CT molecular complexity index is 315. The van der Waals surface area contributed by atoms with E-state index in [9.17, 15) is 45.0 Å². The van der Waals surface area contributed by atoms with Crippen molar-refractivity contribution >= 4 is 5.78 Å². The molecule has 0 bridgehead atoms. The van der Waals surface area contributed by atoms with Crippen LogP contribution >= 0.6 is 0 Å². The van der Waals surface area contributed by atoms with Gasteiger partial charge in [0, 0.05) is 0 Å². The Morgan fingerprint density at radius 3 is 1.53 bits per heavy atom. The fourth-order valence-electron chi connectivity index (χ4n) is 0.431. The number of carbonyl (C=O) groups is 1. The maximum atomic E-state index is 12.0. The normalized spacial score (nSPS) is 14.2. The van der Waals surface area contributed by atoms with Gasteiger partial charge in [0.1, 0.15) is 0 Å². The molecule has 0 atom stereocenters. The number of ketones is 1. The third kappa shape index (κ3) is 4.80. The Morgan fingerprint density at radius 2 is 1.29 bits per heavy atom. The Kier molecular flexibility index (Phi) is 6.18. The predicted molar refractivity (Wildman–Crippen MR) is 30.1 cm³/mol. The SMILES string of the molecule is O=C(/C=C(\[O-])C(F)(F)C(F)(F)F)C(F)(F)F.[Na+]. The molecule has 0 aliphatic rings. The molecule has 0 N–H and O–H groups in total. The molecule has 0 aromatic carbocycles. The van der Waals surface area contributed by atoms with E-state index in [0.29, 0.717) is 0 Å². The van der Waals surface area contributed by atoms with Gasteiger partial charge in [0.15, 0.2) is 0 Å². The summed E-state index contributed by atoms with van der Waals surface area (Å²) in [7, 11) is 0. The summed E-state index contributed by atoms with van der Waals surface area (Å²) in [6.45, 7) is 0. The molecule has 0 saturated carbocycles. The van der Waals surface area contributed by atoms with Gasteiger partial charge in [0.05, 0.1) is 0 Å². The van der Waals surface area contributed by atoms with Crippen LogP contribution < -0.4 is 34.7 Å². The molecule has 0 aromatic rings. The summed E-state index contributed by atoms with van der Waals surface area (Å²) in [4.78, 5) is 9.95. The van der Waals surface area contributed by atoms with Crippen LogP contribution in [0.25, 0.3) is 0 Å². The summed E-state index contributed by atoms with van der Waals surface area (Å²) < 4.78 is 92.7. The maximum absolute atomic E-state index is 12.0. The van der Waals surface area contributed by atoms with Crippen molar-refractivity contribution in [3.05, 3.63) is 11.8 Å². The molecule has 0 fully saturated rings. The fraction of sp³-hybridized carbons (Fsp3) is 0.500. The zero-order valence-electron chi connectivity index (χ0n) is 7.92. The van der Waals surface area contributed by atoms with Crippen LogP contribution in [0.5, 0.6) is 0 Å². The second-order valence-corrected chi connectivity index (χ2v) is 2.44. The second kappa shape index (κ2) is 5.53. The van der Waals surface area contributed by atoms with Crippen LogP contribution in [-0.2, 0) is 4.79 Å². The molecule has 11 heteroatoms. The molecule has 94 valence electrons. The van der Waals surface area contributed by atoms with Crippen molar-refractivity contribution in [2.24, 2.45) is 0 Å². The molecule has 0 aliphatic heterocycles. The van der Waals surface area contributed by atoms with Gasteiger partial charge in [-0.2, -0.15) is 35.1 Å². The Hall–Kier alpha value is -0.350. The van der Waals surface area contributed by atoms with Crippen molar-refractivity contribution < 1.29 is 74.6 Å². The Balaban J connectivity index is 0. The van der Waals surface area contributed by atoms with Crippen molar-refractivity contribution in [3.8, 4) is 0 Å². The van der Waals surface area contributed by atoms with Crippen molar-refractivity contribution in [1.82, 2.24) is 0 Å². The fourth-order valence-corrected chi connectivity index (χ4v) is 0.431. The first-order valence-corrected chi connectivity index (χ1v) is 3.25. The van der Waals surface area contributed by atoms with E-state index in [0.717, 1.165) is 0 Å². The molecule has 2 nitrogen and oxygen atoms in total. The predicted octanol–water partition coefficient (Wildman–Crippen LogP) is -1.44. The van der Waals surface area contributed by atoms with E-state index in [-0.39, 0.29) is 29.6 Å². The summed E-state index contributed by atoms with van der Waals surface area (Å²) in [5.41, 5.74) is 0. The molecular formula is C6HF8NaO2. The van der Waals surface area contributed by atoms with Crippen LogP contribution in [0.15, 0.2) is 11.8 Å². The minimum atomic E-state index is -6.35. The number of carbonyl (C=O) groups excluding carboxylic acids is 1. The molecule has 0 aromatic heterocycles. The van der Waals surface area contributed by atoms with Gasteiger partial charge >= 0.3 is 47.8 Å². The summed E-state index contributed by atoms with van der Waals surface area (Å²) in [5.74, 6) is -12.4. The van der Waals surface area contributed by atoms with Gasteiger partial charge in [0.25, 0.3) is 5.78 Å². The van der Waals surface area contributed by atoms with Gasteiger partial charge in [-0.25, -0.2) is 0 Å². The largest absolute Gasteiger partial charge is 1.00 e. The maximum Gasteiger partial charge on any atom is 1.00 e. The molecule has 0 rings (SSSR count). The topological polar surface area (TPSA) is 40.1 Å². The van der Waals surface area contributed by atoms with Gasteiger partial charge in [0.2, 0.25) is 0 Å². The average molecular weight is 280 g/mol. The summed E-state index contributed by atoms with van der Waals surface area (Å²) >= 11 is 0. The first-order chi connectivity index (χ1) is 6.80. The average Bonchev–Trinajstić information content (AvgIpc) is 1.99. The molecule has 17 heavy (non-hydrogen) atoms. The second-order valence-electron chi connectivity index (χ2n) is 2.44. The number of alkyl halides is 8. The standard InChI is InChI=1S/C6H2F8O2.Na/c7-4(8,6(12,13)14)2(15)1-3(16)5(9,10)11;/h1,15H;/q;+1/p-1/b2-1-;. The third-order valence-electron chi connectivity index (χ3n) is 1.21. The van der Waals surface area contributed by atoms with E-state index in [1.54, 1.807) is 0 Å². The van der Waals surface area contributed by atoms with Gasteiger partial charge in [-0.3, -0.25) is 4.79 Å². The number of rotatable bonds is 2. The molecule has 0 amide bonds. The van der Waals surface area contributed by atoms with E-state index in [2.05, 4.69) is 0 Å². The van der Waals surface area contributed by atoms with Crippen molar-refractivity contribution in [3.63, 3.8) is 0 Å². The van der Waals surface area contributed by atoms with Gasteiger partial charge in [-0.05, 0) is 11.8 Å². The van der Waals surface area contributed by atoms with Crippen LogP contribution in [-0.4, -0.2) is 24.1 Å². The number of hydrogen-bond acceptors (Lipinski definition) is 2. The van der Waals surface area contributed by atoms with Crippen LogP contribution in [0.2, 0.25) is 0 Å².